The Balaban J connectivity index is 1.36. The van der Waals surface area contributed by atoms with Gasteiger partial charge in [0.25, 0.3) is 0 Å². The van der Waals surface area contributed by atoms with E-state index in [-0.39, 0.29) is 0 Å². The Bertz CT molecular complexity index is 1120. The van der Waals surface area contributed by atoms with Gasteiger partial charge in [-0.15, -0.1) is 0 Å². The van der Waals surface area contributed by atoms with E-state index in [9.17, 15) is 0 Å². The predicted octanol–water partition coefficient (Wildman–Crippen LogP) is 4.89. The van der Waals surface area contributed by atoms with E-state index in [1.807, 2.05) is 24.3 Å². The Morgan fingerprint density at radius 1 is 0.852 bits per heavy atom. The molecule has 27 heavy (non-hydrogen) atoms. The Morgan fingerprint density at radius 2 is 1.41 bits per heavy atom. The number of halogens is 1. The maximum absolute atomic E-state index is 6.28. The Labute approximate surface area is 169 Å². The van der Waals surface area contributed by atoms with Crippen molar-refractivity contribution in [3.8, 4) is 5.75 Å². The molecule has 138 valence electrons. The SMILES string of the molecule is COc1cccc2sc(N3CCN(c4nc5c(Cl)cccc5s4)CC3)nc12. The molecule has 0 atom stereocenters. The molecule has 0 radical (unpaired) electrons. The molecule has 0 bridgehead atoms. The lowest BCUT2D eigenvalue weighted by molar-refractivity contribution is 0.419. The standard InChI is InChI=1S/C19H17ClN4OS2/c1-25-13-5-3-7-15-17(13)22-19(27-15)24-10-8-23(9-11-24)18-21-16-12(20)4-2-6-14(16)26-18/h2-7H,8-11H2,1H3. The first kappa shape index (κ1) is 17.0. The summed E-state index contributed by atoms with van der Waals surface area (Å²) in [5.41, 5.74) is 1.85. The summed E-state index contributed by atoms with van der Waals surface area (Å²) in [5, 5.41) is 2.82. The largest absolute Gasteiger partial charge is 0.494 e. The van der Waals surface area contributed by atoms with E-state index >= 15 is 0 Å². The highest BCUT2D eigenvalue weighted by molar-refractivity contribution is 7.22. The minimum atomic E-state index is 0.719. The first-order valence-corrected chi connectivity index (χ1v) is 10.7. The summed E-state index contributed by atoms with van der Waals surface area (Å²) in [6.45, 7) is 3.69. The van der Waals surface area contributed by atoms with Gasteiger partial charge >= 0.3 is 0 Å². The molecule has 0 aliphatic carbocycles. The molecule has 1 aliphatic heterocycles. The van der Waals surface area contributed by atoms with Gasteiger partial charge in [-0.3, -0.25) is 0 Å². The molecule has 0 unspecified atom stereocenters. The number of fused-ring (bicyclic) bond motifs is 2. The Morgan fingerprint density at radius 3 is 2.00 bits per heavy atom. The second kappa shape index (κ2) is 6.82. The highest BCUT2D eigenvalue weighted by Gasteiger charge is 2.23. The number of hydrogen-bond acceptors (Lipinski definition) is 7. The molecule has 0 N–H and O–H groups in total. The summed E-state index contributed by atoms with van der Waals surface area (Å²) in [4.78, 5) is 14.3. The monoisotopic (exact) mass is 416 g/mol. The zero-order chi connectivity index (χ0) is 18.4. The number of benzene rings is 2. The highest BCUT2D eigenvalue weighted by Crippen LogP contribution is 2.36. The van der Waals surface area contributed by atoms with Crippen molar-refractivity contribution in [2.45, 2.75) is 0 Å². The molecule has 1 fully saturated rings. The van der Waals surface area contributed by atoms with Crippen molar-refractivity contribution in [2.24, 2.45) is 0 Å². The van der Waals surface area contributed by atoms with E-state index in [2.05, 4.69) is 21.9 Å². The van der Waals surface area contributed by atoms with Crippen LogP contribution in [-0.4, -0.2) is 43.3 Å². The lowest BCUT2D eigenvalue weighted by Crippen LogP contribution is -2.46. The van der Waals surface area contributed by atoms with Crippen LogP contribution in [0.2, 0.25) is 5.02 Å². The third-order valence-corrected chi connectivity index (χ3v) is 7.24. The maximum atomic E-state index is 6.28. The average molecular weight is 417 g/mol. The minimum Gasteiger partial charge on any atom is -0.494 e. The van der Waals surface area contributed by atoms with E-state index in [0.717, 1.165) is 67.6 Å². The quantitative estimate of drug-likeness (QED) is 0.475. The third-order valence-electron chi connectivity index (χ3n) is 4.77. The number of nitrogens with zero attached hydrogens (tertiary/aromatic N) is 4. The van der Waals surface area contributed by atoms with Crippen LogP contribution < -0.4 is 14.5 Å². The Hall–Kier alpha value is -2.09. The van der Waals surface area contributed by atoms with Gasteiger partial charge in [0.2, 0.25) is 0 Å². The molecule has 2 aromatic carbocycles. The van der Waals surface area contributed by atoms with Crippen molar-refractivity contribution in [1.29, 1.82) is 0 Å². The summed E-state index contributed by atoms with van der Waals surface area (Å²) in [6.07, 6.45) is 0. The fourth-order valence-electron chi connectivity index (χ4n) is 3.34. The average Bonchev–Trinajstić information content (AvgIpc) is 3.33. The van der Waals surface area contributed by atoms with Gasteiger partial charge in [0, 0.05) is 26.2 Å². The summed E-state index contributed by atoms with van der Waals surface area (Å²) in [7, 11) is 1.69. The van der Waals surface area contributed by atoms with Gasteiger partial charge < -0.3 is 14.5 Å². The molecule has 4 aromatic rings. The Kier molecular flexibility index (Phi) is 4.30. The van der Waals surface area contributed by atoms with Gasteiger partial charge in [-0.1, -0.05) is 46.4 Å². The number of anilines is 2. The molecule has 1 saturated heterocycles. The fraction of sp³-hybridized carbons (Fsp3) is 0.263. The predicted molar refractivity (Wildman–Crippen MR) is 115 cm³/mol. The molecule has 3 heterocycles. The fourth-order valence-corrected chi connectivity index (χ4v) is 5.69. The van der Waals surface area contributed by atoms with Crippen LogP contribution in [-0.2, 0) is 0 Å². The minimum absolute atomic E-state index is 0.719. The summed E-state index contributed by atoms with van der Waals surface area (Å²) in [6, 6.07) is 12.0. The van der Waals surface area contributed by atoms with Crippen molar-refractivity contribution in [3.05, 3.63) is 41.4 Å². The molecule has 1 aliphatic rings. The summed E-state index contributed by atoms with van der Waals surface area (Å²) < 4.78 is 7.74. The van der Waals surface area contributed by atoms with Gasteiger partial charge in [0.15, 0.2) is 10.3 Å². The van der Waals surface area contributed by atoms with Gasteiger partial charge in [0.1, 0.15) is 16.8 Å². The van der Waals surface area contributed by atoms with Crippen LogP contribution in [0.5, 0.6) is 5.75 Å². The zero-order valence-corrected chi connectivity index (χ0v) is 17.1. The highest BCUT2D eigenvalue weighted by atomic mass is 35.5. The van der Waals surface area contributed by atoms with Gasteiger partial charge in [-0.2, -0.15) is 0 Å². The van der Waals surface area contributed by atoms with Crippen molar-refractivity contribution >= 4 is 65.0 Å². The smallest absolute Gasteiger partial charge is 0.186 e. The van der Waals surface area contributed by atoms with Gasteiger partial charge in [0.05, 0.1) is 21.5 Å². The number of rotatable bonds is 3. The molecular weight excluding hydrogens is 400 g/mol. The number of para-hydroxylation sites is 2. The van der Waals surface area contributed by atoms with Gasteiger partial charge in [-0.25, -0.2) is 9.97 Å². The van der Waals surface area contributed by atoms with Crippen LogP contribution in [0.3, 0.4) is 0 Å². The first-order valence-electron chi connectivity index (χ1n) is 8.71. The van der Waals surface area contributed by atoms with Crippen molar-refractivity contribution in [1.82, 2.24) is 9.97 Å². The molecule has 5 nitrogen and oxygen atoms in total. The molecule has 0 spiro atoms. The number of aromatic nitrogens is 2. The lowest BCUT2D eigenvalue weighted by Gasteiger charge is -2.34. The summed E-state index contributed by atoms with van der Waals surface area (Å²) >= 11 is 9.70. The topological polar surface area (TPSA) is 41.5 Å². The van der Waals surface area contributed by atoms with Crippen LogP contribution in [0, 0.1) is 0 Å². The molecular formula is C19H17ClN4OS2. The van der Waals surface area contributed by atoms with Crippen LogP contribution in [0.1, 0.15) is 0 Å². The van der Waals surface area contributed by atoms with Crippen molar-refractivity contribution < 1.29 is 4.74 Å². The number of hydrogen-bond donors (Lipinski definition) is 0. The van der Waals surface area contributed by atoms with Crippen LogP contribution in [0.25, 0.3) is 20.4 Å². The molecule has 0 amide bonds. The van der Waals surface area contributed by atoms with Gasteiger partial charge in [-0.05, 0) is 24.3 Å². The molecule has 0 saturated carbocycles. The number of ether oxygens (including phenoxy) is 1. The van der Waals surface area contributed by atoms with E-state index in [1.54, 1.807) is 29.8 Å². The molecule has 8 heteroatoms. The van der Waals surface area contributed by atoms with E-state index < -0.39 is 0 Å². The molecule has 5 rings (SSSR count). The van der Waals surface area contributed by atoms with Crippen LogP contribution in [0.15, 0.2) is 36.4 Å². The van der Waals surface area contributed by atoms with E-state index in [0.29, 0.717) is 0 Å². The van der Waals surface area contributed by atoms with E-state index in [1.165, 1.54) is 0 Å². The number of thiazole rings is 2. The first-order chi connectivity index (χ1) is 13.2. The van der Waals surface area contributed by atoms with Crippen molar-refractivity contribution in [2.75, 3.05) is 43.1 Å². The second-order valence-electron chi connectivity index (χ2n) is 6.36. The number of piperazine rings is 1. The lowest BCUT2D eigenvalue weighted by atomic mass is 10.3. The van der Waals surface area contributed by atoms with Crippen LogP contribution in [0.4, 0.5) is 10.3 Å². The molecule has 2 aromatic heterocycles. The third kappa shape index (κ3) is 2.99. The normalized spacial score (nSPS) is 15.0. The second-order valence-corrected chi connectivity index (χ2v) is 8.79. The maximum Gasteiger partial charge on any atom is 0.186 e. The summed E-state index contributed by atoms with van der Waals surface area (Å²) in [5.74, 6) is 0.833. The van der Waals surface area contributed by atoms with E-state index in [4.69, 9.17) is 26.3 Å². The van der Waals surface area contributed by atoms with Crippen molar-refractivity contribution in [3.63, 3.8) is 0 Å². The number of methoxy groups -OCH3 is 1. The zero-order valence-electron chi connectivity index (χ0n) is 14.7. The van der Waals surface area contributed by atoms with Crippen LogP contribution >= 0.6 is 34.3 Å².